The molecule has 0 saturated carbocycles. The molecule has 2 unspecified atom stereocenters. The lowest BCUT2D eigenvalue weighted by molar-refractivity contribution is -0.116. The number of hydrogen-bond acceptors (Lipinski definition) is 5. The van der Waals surface area contributed by atoms with E-state index in [1.54, 1.807) is 13.0 Å². The van der Waals surface area contributed by atoms with E-state index in [1.807, 2.05) is 0 Å². The molecule has 6 nitrogen and oxygen atoms in total. The molecular formula is C14H24N4O2. The lowest BCUT2D eigenvalue weighted by atomic mass is 9.87. The zero-order valence-corrected chi connectivity index (χ0v) is 12.3. The summed E-state index contributed by atoms with van der Waals surface area (Å²) in [6.07, 6.45) is 1.63. The number of amides is 1. The van der Waals surface area contributed by atoms with E-state index < -0.39 is 0 Å². The van der Waals surface area contributed by atoms with Gasteiger partial charge in [-0.3, -0.25) is 4.79 Å². The average molecular weight is 280 g/mol. The van der Waals surface area contributed by atoms with E-state index in [9.17, 15) is 4.79 Å². The third-order valence-electron chi connectivity index (χ3n) is 4.05. The molecule has 2 heterocycles. The molecule has 3 N–H and O–H groups in total. The first-order valence-corrected chi connectivity index (χ1v) is 7.24. The topological polar surface area (TPSA) is 84.4 Å². The smallest absolute Gasteiger partial charge is 0.226 e. The lowest BCUT2D eigenvalue weighted by Gasteiger charge is -2.36. The van der Waals surface area contributed by atoms with E-state index in [2.05, 4.69) is 22.3 Å². The second-order valence-electron chi connectivity index (χ2n) is 5.68. The van der Waals surface area contributed by atoms with Gasteiger partial charge in [0.2, 0.25) is 5.91 Å². The van der Waals surface area contributed by atoms with Crippen molar-refractivity contribution in [3.05, 3.63) is 11.8 Å². The number of piperidine rings is 1. The van der Waals surface area contributed by atoms with Gasteiger partial charge in [-0.05, 0) is 38.3 Å². The second kappa shape index (κ2) is 6.85. The highest BCUT2D eigenvalue weighted by molar-refractivity contribution is 5.89. The number of aryl methyl sites for hydroxylation is 1. The van der Waals surface area contributed by atoms with Crippen LogP contribution in [0.5, 0.6) is 0 Å². The summed E-state index contributed by atoms with van der Waals surface area (Å²) in [6, 6.07) is 1.71. The summed E-state index contributed by atoms with van der Waals surface area (Å²) in [7, 11) is 0. The number of nitrogens with zero attached hydrogens (tertiary/aromatic N) is 2. The van der Waals surface area contributed by atoms with Gasteiger partial charge in [-0.25, -0.2) is 0 Å². The number of carbonyl (C=O) groups excluding carboxylic acids is 1. The van der Waals surface area contributed by atoms with E-state index in [0.717, 1.165) is 32.6 Å². The standard InChI is InChI=1S/C14H24N4O2/c1-10-3-5-18(9-12(10)8-15)6-4-14(19)16-13-7-11(2)20-17-13/h7,10,12H,3-6,8-9,15H2,1-2H3,(H,16,17,19). The molecule has 112 valence electrons. The molecule has 1 aliphatic rings. The van der Waals surface area contributed by atoms with Crippen LogP contribution in [0.3, 0.4) is 0 Å². The molecule has 2 atom stereocenters. The first-order chi connectivity index (χ1) is 9.58. The van der Waals surface area contributed by atoms with Crippen molar-refractivity contribution in [1.29, 1.82) is 0 Å². The minimum absolute atomic E-state index is 0.0266. The molecule has 0 spiro atoms. The monoisotopic (exact) mass is 280 g/mol. The van der Waals surface area contributed by atoms with Gasteiger partial charge in [0.05, 0.1) is 0 Å². The van der Waals surface area contributed by atoms with Gasteiger partial charge in [0.1, 0.15) is 5.76 Å². The third kappa shape index (κ3) is 4.05. The second-order valence-corrected chi connectivity index (χ2v) is 5.68. The third-order valence-corrected chi connectivity index (χ3v) is 4.05. The fraction of sp³-hybridized carbons (Fsp3) is 0.714. The van der Waals surface area contributed by atoms with Crippen molar-refractivity contribution in [1.82, 2.24) is 10.1 Å². The Morgan fingerprint density at radius 1 is 1.65 bits per heavy atom. The van der Waals surface area contributed by atoms with Gasteiger partial charge in [-0.15, -0.1) is 0 Å². The molecule has 20 heavy (non-hydrogen) atoms. The van der Waals surface area contributed by atoms with Gasteiger partial charge in [-0.2, -0.15) is 0 Å². The van der Waals surface area contributed by atoms with Gasteiger partial charge in [0.15, 0.2) is 5.82 Å². The van der Waals surface area contributed by atoms with Crippen LogP contribution in [0.1, 0.15) is 25.5 Å². The number of carbonyl (C=O) groups is 1. The minimum Gasteiger partial charge on any atom is -0.360 e. The Hall–Kier alpha value is -1.40. The highest BCUT2D eigenvalue weighted by Gasteiger charge is 2.25. The van der Waals surface area contributed by atoms with Crippen molar-refractivity contribution in [3.63, 3.8) is 0 Å². The Morgan fingerprint density at radius 2 is 2.45 bits per heavy atom. The molecule has 1 saturated heterocycles. The van der Waals surface area contributed by atoms with Crippen LogP contribution in [0, 0.1) is 18.8 Å². The molecule has 2 rings (SSSR count). The summed E-state index contributed by atoms with van der Waals surface area (Å²) < 4.78 is 4.91. The van der Waals surface area contributed by atoms with Crippen LogP contribution in [0.4, 0.5) is 5.82 Å². The molecule has 1 amide bonds. The maximum Gasteiger partial charge on any atom is 0.226 e. The largest absolute Gasteiger partial charge is 0.360 e. The van der Waals surface area contributed by atoms with Gasteiger partial charge in [-0.1, -0.05) is 12.1 Å². The molecule has 6 heteroatoms. The Balaban J connectivity index is 1.73. The van der Waals surface area contributed by atoms with Gasteiger partial charge < -0.3 is 20.5 Å². The Morgan fingerprint density at radius 3 is 3.10 bits per heavy atom. The van der Waals surface area contributed by atoms with Gasteiger partial charge >= 0.3 is 0 Å². The molecule has 0 aliphatic carbocycles. The zero-order valence-electron chi connectivity index (χ0n) is 12.3. The first-order valence-electron chi connectivity index (χ1n) is 7.24. The predicted molar refractivity (Wildman–Crippen MR) is 77.3 cm³/mol. The summed E-state index contributed by atoms with van der Waals surface area (Å²) in [6.45, 7) is 7.59. The van der Waals surface area contributed by atoms with Crippen LogP contribution in [0.25, 0.3) is 0 Å². The number of rotatable bonds is 5. The highest BCUT2D eigenvalue weighted by Crippen LogP contribution is 2.22. The molecule has 1 aliphatic heterocycles. The maximum atomic E-state index is 11.8. The molecule has 1 fully saturated rings. The van der Waals surface area contributed by atoms with Gasteiger partial charge in [0, 0.05) is 25.6 Å². The van der Waals surface area contributed by atoms with E-state index in [4.69, 9.17) is 10.3 Å². The van der Waals surface area contributed by atoms with Crippen LogP contribution in [0.15, 0.2) is 10.6 Å². The molecule has 0 aromatic carbocycles. The number of nitrogens with two attached hydrogens (primary N) is 1. The van der Waals surface area contributed by atoms with Crippen molar-refractivity contribution in [3.8, 4) is 0 Å². The number of hydrogen-bond donors (Lipinski definition) is 2. The van der Waals surface area contributed by atoms with Crippen LogP contribution in [0.2, 0.25) is 0 Å². The fourth-order valence-electron chi connectivity index (χ4n) is 2.63. The van der Waals surface area contributed by atoms with Crippen molar-refractivity contribution < 1.29 is 9.32 Å². The van der Waals surface area contributed by atoms with Crippen molar-refractivity contribution in [2.75, 3.05) is 31.5 Å². The van der Waals surface area contributed by atoms with Crippen molar-refractivity contribution in [2.24, 2.45) is 17.6 Å². The van der Waals surface area contributed by atoms with Crippen LogP contribution >= 0.6 is 0 Å². The fourth-order valence-corrected chi connectivity index (χ4v) is 2.63. The van der Waals surface area contributed by atoms with Crippen molar-refractivity contribution in [2.45, 2.75) is 26.7 Å². The molecule has 1 aromatic heterocycles. The molecule has 0 bridgehead atoms. The summed E-state index contributed by atoms with van der Waals surface area (Å²) >= 11 is 0. The van der Waals surface area contributed by atoms with Crippen LogP contribution in [-0.2, 0) is 4.79 Å². The predicted octanol–water partition coefficient (Wildman–Crippen LogP) is 1.23. The van der Waals surface area contributed by atoms with Gasteiger partial charge in [0.25, 0.3) is 0 Å². The number of likely N-dealkylation sites (tertiary alicyclic amines) is 1. The van der Waals surface area contributed by atoms with E-state index >= 15 is 0 Å². The summed E-state index contributed by atoms with van der Waals surface area (Å²) in [5.41, 5.74) is 5.79. The quantitative estimate of drug-likeness (QED) is 0.847. The van der Waals surface area contributed by atoms with Crippen LogP contribution < -0.4 is 11.1 Å². The summed E-state index contributed by atoms with van der Waals surface area (Å²) in [5, 5.41) is 6.49. The van der Waals surface area contributed by atoms with E-state index in [1.165, 1.54) is 0 Å². The van der Waals surface area contributed by atoms with Crippen LogP contribution in [-0.4, -0.2) is 42.1 Å². The van der Waals surface area contributed by atoms with E-state index in [-0.39, 0.29) is 5.91 Å². The Labute approximate surface area is 119 Å². The average Bonchev–Trinajstić information content (AvgIpc) is 2.83. The molecule has 0 radical (unpaired) electrons. The van der Waals surface area contributed by atoms with E-state index in [0.29, 0.717) is 29.8 Å². The molecular weight excluding hydrogens is 256 g/mol. The first kappa shape index (κ1) is 15.0. The lowest BCUT2D eigenvalue weighted by Crippen LogP contribution is -2.43. The normalized spacial score (nSPS) is 23.8. The highest BCUT2D eigenvalue weighted by atomic mass is 16.5. The summed E-state index contributed by atoms with van der Waals surface area (Å²) in [4.78, 5) is 14.2. The number of aromatic nitrogens is 1. The van der Waals surface area contributed by atoms with Crippen molar-refractivity contribution >= 4 is 11.7 Å². The Bertz CT molecular complexity index is 446. The maximum absolute atomic E-state index is 11.8. The number of anilines is 1. The zero-order chi connectivity index (χ0) is 14.5. The SMILES string of the molecule is Cc1cc(NC(=O)CCN2CCC(C)C(CN)C2)no1. The number of nitrogens with one attached hydrogen (secondary N) is 1. The Kier molecular flexibility index (Phi) is 5.14. The minimum atomic E-state index is -0.0266. The molecule has 1 aromatic rings. The summed E-state index contributed by atoms with van der Waals surface area (Å²) in [5.74, 6) is 2.38.